The molecule has 0 aliphatic heterocycles. The Labute approximate surface area is 98.0 Å². The van der Waals surface area contributed by atoms with Gasteiger partial charge in [-0.3, -0.25) is 10.1 Å². The Morgan fingerprint density at radius 2 is 1.69 bits per heavy atom. The molecule has 0 aliphatic rings. The largest absolute Gasteiger partial charge is 0.368 e. The summed E-state index contributed by atoms with van der Waals surface area (Å²) >= 11 is 0. The molecule has 0 bridgehead atoms. The summed E-state index contributed by atoms with van der Waals surface area (Å²) in [5.41, 5.74) is 5.30. The van der Waals surface area contributed by atoms with E-state index in [2.05, 4.69) is 5.32 Å². The maximum atomic E-state index is 11.2. The summed E-state index contributed by atoms with van der Waals surface area (Å²) in [6.07, 6.45) is 2.25. The van der Waals surface area contributed by atoms with Crippen molar-refractivity contribution in [2.45, 2.75) is 52.6 Å². The van der Waals surface area contributed by atoms with E-state index in [1.807, 2.05) is 27.7 Å². The first-order valence-electron chi connectivity index (χ1n) is 5.87. The van der Waals surface area contributed by atoms with Crippen molar-refractivity contribution in [1.82, 2.24) is 5.32 Å². The lowest BCUT2D eigenvalue weighted by Gasteiger charge is -2.22. The fourth-order valence-electron chi connectivity index (χ4n) is 1.67. The van der Waals surface area contributed by atoms with Crippen LogP contribution in [0.3, 0.4) is 0 Å². The Hall–Kier alpha value is -0.900. The molecule has 3 N–H and O–H groups in total. The molecule has 0 saturated carbocycles. The highest BCUT2D eigenvalue weighted by Crippen LogP contribution is 2.08. The monoisotopic (exact) mass is 228 g/mol. The van der Waals surface area contributed by atoms with E-state index >= 15 is 0 Å². The second-order valence-electron chi connectivity index (χ2n) is 5.12. The third-order valence-electron chi connectivity index (χ3n) is 2.36. The summed E-state index contributed by atoms with van der Waals surface area (Å²) in [6, 6.07) is -0.690. The fraction of sp³-hybridized carbons (Fsp3) is 0.833. The summed E-state index contributed by atoms with van der Waals surface area (Å²) in [7, 11) is 0. The minimum absolute atomic E-state index is 0.281. The first kappa shape index (κ1) is 15.1. The Morgan fingerprint density at radius 3 is 2.00 bits per heavy atom. The number of carbonyl (C=O) groups excluding carboxylic acids is 2. The standard InChI is InChI=1S/C12H24N2O2/c1-8(2)5-10(7-15)14-11(12(13)16)6-9(3)4/h7-11,14H,5-6H2,1-4H3,(H2,13,16)/t10?,11-/m0/s1. The first-order chi connectivity index (χ1) is 7.36. The molecule has 0 fully saturated rings. The normalized spacial score (nSPS) is 15.1. The van der Waals surface area contributed by atoms with Gasteiger partial charge in [-0.25, -0.2) is 0 Å². The molecule has 4 nitrogen and oxygen atoms in total. The quantitative estimate of drug-likeness (QED) is 0.611. The molecule has 0 aliphatic carbocycles. The molecule has 0 heterocycles. The highest BCUT2D eigenvalue weighted by atomic mass is 16.1. The van der Waals surface area contributed by atoms with E-state index in [1.54, 1.807) is 0 Å². The van der Waals surface area contributed by atoms with Gasteiger partial charge in [0.1, 0.15) is 6.29 Å². The van der Waals surface area contributed by atoms with Crippen molar-refractivity contribution in [2.75, 3.05) is 0 Å². The molecule has 1 amide bonds. The van der Waals surface area contributed by atoms with Gasteiger partial charge in [0.05, 0.1) is 12.1 Å². The molecule has 0 rings (SSSR count). The molecule has 0 saturated heterocycles. The van der Waals surface area contributed by atoms with Crippen molar-refractivity contribution >= 4 is 12.2 Å². The number of nitrogens with one attached hydrogen (secondary N) is 1. The van der Waals surface area contributed by atoms with Crippen LogP contribution in [0.5, 0.6) is 0 Å². The maximum absolute atomic E-state index is 11.2. The van der Waals surface area contributed by atoms with Crippen LogP contribution in [-0.4, -0.2) is 24.3 Å². The van der Waals surface area contributed by atoms with E-state index in [0.29, 0.717) is 18.3 Å². The third kappa shape index (κ3) is 6.56. The van der Waals surface area contributed by atoms with E-state index in [9.17, 15) is 9.59 Å². The van der Waals surface area contributed by atoms with Crippen molar-refractivity contribution in [3.8, 4) is 0 Å². The summed E-state index contributed by atoms with van der Waals surface area (Å²) in [5, 5.41) is 3.02. The van der Waals surface area contributed by atoms with Crippen LogP contribution in [0.2, 0.25) is 0 Å². The number of amides is 1. The van der Waals surface area contributed by atoms with E-state index in [-0.39, 0.29) is 11.9 Å². The molecular formula is C12H24N2O2. The van der Waals surface area contributed by atoms with Gasteiger partial charge in [-0.2, -0.15) is 0 Å². The highest BCUT2D eigenvalue weighted by Gasteiger charge is 2.21. The number of carbonyl (C=O) groups is 2. The van der Waals surface area contributed by atoms with Gasteiger partial charge >= 0.3 is 0 Å². The van der Waals surface area contributed by atoms with Crippen molar-refractivity contribution in [2.24, 2.45) is 17.6 Å². The first-order valence-corrected chi connectivity index (χ1v) is 5.87. The molecule has 0 spiro atoms. The van der Waals surface area contributed by atoms with Crippen LogP contribution in [0.4, 0.5) is 0 Å². The summed E-state index contributed by atoms with van der Waals surface area (Å²) in [5.74, 6) is 0.399. The van der Waals surface area contributed by atoms with Crippen LogP contribution in [0.15, 0.2) is 0 Å². The number of aldehydes is 1. The summed E-state index contributed by atoms with van der Waals surface area (Å²) in [4.78, 5) is 22.1. The van der Waals surface area contributed by atoms with Crippen LogP contribution in [0, 0.1) is 11.8 Å². The fourth-order valence-corrected chi connectivity index (χ4v) is 1.67. The zero-order chi connectivity index (χ0) is 12.7. The molecule has 0 aromatic rings. The summed E-state index contributed by atoms with van der Waals surface area (Å²) in [6.45, 7) is 8.13. The minimum atomic E-state index is -0.408. The molecular weight excluding hydrogens is 204 g/mol. The molecule has 2 atom stereocenters. The van der Waals surface area contributed by atoms with Gasteiger partial charge in [0.15, 0.2) is 0 Å². The van der Waals surface area contributed by atoms with Crippen molar-refractivity contribution in [1.29, 1.82) is 0 Å². The van der Waals surface area contributed by atoms with Gasteiger partial charge in [-0.1, -0.05) is 27.7 Å². The van der Waals surface area contributed by atoms with Crippen LogP contribution in [0.25, 0.3) is 0 Å². The Morgan fingerprint density at radius 1 is 1.19 bits per heavy atom. The summed E-state index contributed by atoms with van der Waals surface area (Å²) < 4.78 is 0. The SMILES string of the molecule is CC(C)CC(C=O)N[C@@H](CC(C)C)C(N)=O. The van der Waals surface area contributed by atoms with E-state index in [1.165, 1.54) is 0 Å². The number of hydrogen-bond donors (Lipinski definition) is 2. The van der Waals surface area contributed by atoms with E-state index in [4.69, 9.17) is 5.73 Å². The second kappa shape index (κ2) is 7.39. The zero-order valence-electron chi connectivity index (χ0n) is 10.7. The molecule has 4 heteroatoms. The van der Waals surface area contributed by atoms with E-state index in [0.717, 1.165) is 12.7 Å². The number of primary amides is 1. The molecule has 16 heavy (non-hydrogen) atoms. The topological polar surface area (TPSA) is 72.2 Å². The van der Waals surface area contributed by atoms with Crippen molar-refractivity contribution in [3.63, 3.8) is 0 Å². The molecule has 0 aromatic carbocycles. The number of rotatable bonds is 8. The predicted octanol–water partition coefficient (Wildman–Crippen LogP) is 1.09. The van der Waals surface area contributed by atoms with E-state index < -0.39 is 6.04 Å². The lowest BCUT2D eigenvalue weighted by Crippen LogP contribution is -2.48. The van der Waals surface area contributed by atoms with Gasteiger partial charge < -0.3 is 10.5 Å². The predicted molar refractivity (Wildman–Crippen MR) is 64.9 cm³/mol. The van der Waals surface area contributed by atoms with Crippen LogP contribution >= 0.6 is 0 Å². The van der Waals surface area contributed by atoms with Crippen LogP contribution < -0.4 is 11.1 Å². The third-order valence-corrected chi connectivity index (χ3v) is 2.36. The van der Waals surface area contributed by atoms with Gasteiger partial charge in [-0.05, 0) is 24.7 Å². The van der Waals surface area contributed by atoms with Crippen LogP contribution in [-0.2, 0) is 9.59 Å². The number of nitrogens with two attached hydrogens (primary N) is 1. The van der Waals surface area contributed by atoms with Crippen LogP contribution in [0.1, 0.15) is 40.5 Å². The molecule has 94 valence electrons. The number of hydrogen-bond acceptors (Lipinski definition) is 3. The smallest absolute Gasteiger partial charge is 0.234 e. The average molecular weight is 228 g/mol. The Balaban J connectivity index is 4.34. The zero-order valence-corrected chi connectivity index (χ0v) is 10.7. The molecule has 0 aromatic heterocycles. The van der Waals surface area contributed by atoms with Crippen molar-refractivity contribution in [3.05, 3.63) is 0 Å². The van der Waals surface area contributed by atoms with Gasteiger partial charge in [0.2, 0.25) is 5.91 Å². The average Bonchev–Trinajstić information content (AvgIpc) is 2.13. The second-order valence-corrected chi connectivity index (χ2v) is 5.12. The molecule has 0 radical (unpaired) electrons. The molecule has 1 unspecified atom stereocenters. The van der Waals surface area contributed by atoms with Gasteiger partial charge in [0, 0.05) is 0 Å². The van der Waals surface area contributed by atoms with Gasteiger partial charge in [-0.15, -0.1) is 0 Å². The highest BCUT2D eigenvalue weighted by molar-refractivity contribution is 5.80. The lowest BCUT2D eigenvalue weighted by molar-refractivity contribution is -0.121. The lowest BCUT2D eigenvalue weighted by atomic mass is 10.00. The van der Waals surface area contributed by atoms with Crippen molar-refractivity contribution < 1.29 is 9.59 Å². The minimum Gasteiger partial charge on any atom is -0.368 e. The van der Waals surface area contributed by atoms with Gasteiger partial charge in [0.25, 0.3) is 0 Å². The Bertz CT molecular complexity index is 227. The maximum Gasteiger partial charge on any atom is 0.234 e. The Kier molecular flexibility index (Phi) is 6.97.